The average Bonchev–Trinajstić information content (AvgIpc) is 3.25. The quantitative estimate of drug-likeness (QED) is 0.449. The van der Waals surface area contributed by atoms with Crippen LogP contribution in [0.5, 0.6) is 5.75 Å². The van der Waals surface area contributed by atoms with E-state index in [9.17, 15) is 22.8 Å². The molecule has 3 heterocycles. The monoisotopic (exact) mass is 534 g/mol. The van der Waals surface area contributed by atoms with Crippen LogP contribution in [-0.2, 0) is 10.9 Å². The predicted octanol–water partition coefficient (Wildman–Crippen LogP) is 5.43. The second-order valence-corrected chi connectivity index (χ2v) is 10.6. The number of carbonyl (C=O) groups excluding carboxylic acids is 2. The van der Waals surface area contributed by atoms with Crippen LogP contribution in [0.25, 0.3) is 10.9 Å². The molecule has 38 heavy (non-hydrogen) atoms. The van der Waals surface area contributed by atoms with Crippen LogP contribution in [0.15, 0.2) is 36.5 Å². The summed E-state index contributed by atoms with van der Waals surface area (Å²) in [5.74, 6) is -0.492. The fourth-order valence-corrected chi connectivity index (χ4v) is 4.37. The summed E-state index contributed by atoms with van der Waals surface area (Å²) < 4.78 is 52.1. The van der Waals surface area contributed by atoms with E-state index in [2.05, 4.69) is 15.4 Å². The fraction of sp³-hybridized carbons (Fsp3) is 0.462. The predicted molar refractivity (Wildman–Crippen MR) is 134 cm³/mol. The number of nitrogens with zero attached hydrogens (tertiary/aromatic N) is 4. The summed E-state index contributed by atoms with van der Waals surface area (Å²) in [4.78, 5) is 28.8. The van der Waals surface area contributed by atoms with Crippen LogP contribution in [0.4, 0.5) is 23.7 Å². The molecule has 0 atom stereocenters. The van der Waals surface area contributed by atoms with E-state index in [1.54, 1.807) is 12.1 Å². The van der Waals surface area contributed by atoms with Crippen LogP contribution in [0, 0.1) is 0 Å². The highest BCUT2D eigenvalue weighted by Gasteiger charge is 2.41. The van der Waals surface area contributed by atoms with Crippen LogP contribution < -0.4 is 10.1 Å². The van der Waals surface area contributed by atoms with E-state index in [1.807, 2.05) is 38.7 Å². The van der Waals surface area contributed by atoms with Crippen molar-refractivity contribution in [1.29, 1.82) is 0 Å². The number of methoxy groups -OCH3 is 1. The number of fused-ring (bicyclic) bond motifs is 1. The topological polar surface area (TPSA) is 95.3 Å². The van der Waals surface area contributed by atoms with Crippen LogP contribution in [-0.4, -0.2) is 64.1 Å². The Morgan fingerprint density at radius 1 is 1.13 bits per heavy atom. The van der Waals surface area contributed by atoms with Gasteiger partial charge in [0.2, 0.25) is 0 Å². The second-order valence-electron chi connectivity index (χ2n) is 10.6. The van der Waals surface area contributed by atoms with Crippen molar-refractivity contribution in [2.45, 2.75) is 51.4 Å². The van der Waals surface area contributed by atoms with E-state index in [-0.39, 0.29) is 28.0 Å². The summed E-state index contributed by atoms with van der Waals surface area (Å²) in [7, 11) is 3.30. The molecule has 0 radical (unpaired) electrons. The summed E-state index contributed by atoms with van der Waals surface area (Å²) in [6, 6.07) is 6.52. The molecule has 9 nitrogen and oxygen atoms in total. The molecule has 2 amide bonds. The molecule has 4 rings (SSSR count). The van der Waals surface area contributed by atoms with E-state index < -0.39 is 23.4 Å². The molecule has 0 bridgehead atoms. The van der Waals surface area contributed by atoms with Crippen molar-refractivity contribution >= 4 is 28.6 Å². The highest BCUT2D eigenvalue weighted by molar-refractivity contribution is 6.05. The lowest BCUT2D eigenvalue weighted by Gasteiger charge is -2.38. The van der Waals surface area contributed by atoms with E-state index in [0.717, 1.165) is 12.1 Å². The van der Waals surface area contributed by atoms with Gasteiger partial charge in [0.15, 0.2) is 0 Å². The van der Waals surface area contributed by atoms with Gasteiger partial charge in [0.1, 0.15) is 22.7 Å². The van der Waals surface area contributed by atoms with Gasteiger partial charge in [-0.3, -0.25) is 9.48 Å². The van der Waals surface area contributed by atoms with Gasteiger partial charge >= 0.3 is 12.3 Å². The van der Waals surface area contributed by atoms with Gasteiger partial charge in [-0.15, -0.1) is 0 Å². The number of rotatable bonds is 4. The summed E-state index contributed by atoms with van der Waals surface area (Å²) >= 11 is 0. The Hall–Kier alpha value is -3.67. The summed E-state index contributed by atoms with van der Waals surface area (Å²) in [5, 5.41) is 7.99. The second kappa shape index (κ2) is 9.90. The largest absolute Gasteiger partial charge is 0.516 e. The molecule has 0 spiro atoms. The summed E-state index contributed by atoms with van der Waals surface area (Å²) in [5.41, 5.74) is -1.17. The number of carbonyl (C=O) groups is 2. The van der Waals surface area contributed by atoms with Crippen molar-refractivity contribution in [2.24, 2.45) is 0 Å². The molecular formula is C26H31F3N5O4+. The lowest BCUT2D eigenvalue weighted by atomic mass is 10.0. The number of ether oxygens (including phenoxy) is 2. The zero-order valence-corrected chi connectivity index (χ0v) is 21.9. The van der Waals surface area contributed by atoms with Crippen molar-refractivity contribution in [2.75, 3.05) is 32.6 Å². The summed E-state index contributed by atoms with van der Waals surface area (Å²) in [6.45, 7) is 6.75. The number of alkyl halides is 3. The first-order valence-corrected chi connectivity index (χ1v) is 12.2. The maximum Gasteiger partial charge on any atom is 0.516 e. The Balaban J connectivity index is 1.52. The number of amides is 2. The van der Waals surface area contributed by atoms with Crippen molar-refractivity contribution in [1.82, 2.24) is 14.8 Å². The van der Waals surface area contributed by atoms with Crippen molar-refractivity contribution in [3.63, 3.8) is 0 Å². The molecule has 0 aliphatic carbocycles. The van der Waals surface area contributed by atoms with Crippen LogP contribution in [0.1, 0.15) is 55.8 Å². The number of nitrogens with one attached hydrogen (secondary N) is 1. The van der Waals surface area contributed by atoms with Gasteiger partial charge in [0.25, 0.3) is 5.91 Å². The van der Waals surface area contributed by atoms with Gasteiger partial charge < -0.3 is 14.8 Å². The smallest absolute Gasteiger partial charge is 0.494 e. The zero-order chi connectivity index (χ0) is 27.9. The zero-order valence-electron chi connectivity index (χ0n) is 21.9. The number of piperidine rings is 1. The minimum Gasteiger partial charge on any atom is -0.494 e. The average molecular weight is 535 g/mol. The molecule has 1 N–H and O–H groups in total. The van der Waals surface area contributed by atoms with E-state index in [1.165, 1.54) is 13.2 Å². The fourth-order valence-electron chi connectivity index (χ4n) is 4.37. The molecule has 1 saturated heterocycles. The highest BCUT2D eigenvalue weighted by atomic mass is 19.4. The number of aromatic nitrogens is 3. The van der Waals surface area contributed by atoms with Crippen LogP contribution in [0.2, 0.25) is 0 Å². The molecule has 1 aliphatic rings. The molecule has 1 aromatic carbocycles. The van der Waals surface area contributed by atoms with Crippen molar-refractivity contribution in [3.8, 4) is 5.75 Å². The van der Waals surface area contributed by atoms with E-state index >= 15 is 0 Å². The molecule has 0 saturated carbocycles. The molecule has 2 aromatic heterocycles. The number of quaternary nitrogens is 1. The molecular weight excluding hydrogens is 503 g/mol. The molecule has 0 unspecified atom stereocenters. The lowest BCUT2D eigenvalue weighted by molar-refractivity contribution is -0.844. The third kappa shape index (κ3) is 5.90. The maximum absolute atomic E-state index is 13.0. The van der Waals surface area contributed by atoms with Gasteiger partial charge in [-0.25, -0.2) is 9.47 Å². The minimum atomic E-state index is -4.66. The SMILES string of the molecule is COc1cc2nn(C3CC[N+](C)(C(=O)OC(C)(C)C)CC3)cc2cc1NC(=O)c1cccc(C(F)(F)F)n1. The van der Waals surface area contributed by atoms with Crippen molar-refractivity contribution in [3.05, 3.63) is 47.9 Å². The van der Waals surface area contributed by atoms with Gasteiger partial charge in [-0.2, -0.15) is 23.1 Å². The van der Waals surface area contributed by atoms with Crippen molar-refractivity contribution < 1.29 is 36.7 Å². The Bertz CT molecular complexity index is 1360. The van der Waals surface area contributed by atoms with Crippen LogP contribution >= 0.6 is 0 Å². The standard InChI is InChI=1S/C26H30F3N5O4/c1-25(2,3)38-24(36)34(4)11-9-17(10-12-34)33-15-16-13-20(21(37-5)14-19(16)32-33)31-23(35)18-7-6-8-22(30-18)26(27,28)29/h6-8,13-15,17H,9-12H2,1-5H3/p+1. The van der Waals surface area contributed by atoms with E-state index in [4.69, 9.17) is 9.47 Å². The first kappa shape index (κ1) is 27.4. The number of anilines is 1. The maximum atomic E-state index is 13.0. The first-order valence-electron chi connectivity index (χ1n) is 12.2. The minimum absolute atomic E-state index is 0.0642. The molecule has 1 fully saturated rings. The Labute approximate surface area is 218 Å². The van der Waals surface area contributed by atoms with Gasteiger partial charge in [0, 0.05) is 30.5 Å². The number of hydrogen-bond acceptors (Lipinski definition) is 6. The first-order chi connectivity index (χ1) is 17.7. The normalized spacial score (nSPS) is 20.3. The molecule has 1 aliphatic heterocycles. The van der Waals surface area contributed by atoms with Crippen LogP contribution in [0.3, 0.4) is 0 Å². The highest BCUT2D eigenvalue weighted by Crippen LogP contribution is 2.34. The number of pyridine rings is 1. The van der Waals surface area contributed by atoms with E-state index in [0.29, 0.717) is 42.6 Å². The Kier molecular flexibility index (Phi) is 7.13. The third-order valence-electron chi connectivity index (χ3n) is 6.48. The number of benzene rings is 1. The Morgan fingerprint density at radius 3 is 2.42 bits per heavy atom. The molecule has 204 valence electrons. The molecule has 12 heteroatoms. The van der Waals surface area contributed by atoms with Gasteiger partial charge in [-0.1, -0.05) is 6.07 Å². The summed E-state index contributed by atoms with van der Waals surface area (Å²) in [6.07, 6.45) is -1.64. The van der Waals surface area contributed by atoms with Gasteiger partial charge in [-0.05, 0) is 39.0 Å². The number of halogens is 3. The number of likely N-dealkylation sites (tertiary alicyclic amines) is 1. The van der Waals surface area contributed by atoms with Gasteiger partial charge in [0.05, 0.1) is 44.5 Å². The third-order valence-corrected chi connectivity index (χ3v) is 6.48. The molecule has 3 aromatic rings. The lowest BCUT2D eigenvalue weighted by Crippen LogP contribution is -2.55. The number of hydrogen-bond donors (Lipinski definition) is 1. The Morgan fingerprint density at radius 2 is 1.82 bits per heavy atom.